The zero-order valence-corrected chi connectivity index (χ0v) is 17.9. The van der Waals surface area contributed by atoms with E-state index in [0.717, 1.165) is 25.8 Å². The van der Waals surface area contributed by atoms with E-state index in [-0.39, 0.29) is 12.3 Å². The molecule has 0 amide bonds. The molecule has 2 aliphatic rings. The Morgan fingerprint density at radius 1 is 1.29 bits per heavy atom. The Kier molecular flexibility index (Phi) is 7.26. The number of thiol groups is 1. The molecule has 0 saturated heterocycles. The molecule has 2 atom stereocenters. The van der Waals surface area contributed by atoms with Crippen LogP contribution in [0, 0.1) is 0 Å². The molecular weight excluding hydrogens is 374 g/mol. The Hall–Kier alpha value is -1.70. The number of carbonyl (C=O) groups is 1. The van der Waals surface area contributed by atoms with Gasteiger partial charge in [-0.05, 0) is 64.3 Å². The molecule has 0 aromatic heterocycles. The van der Waals surface area contributed by atoms with E-state index in [0.29, 0.717) is 25.6 Å². The van der Waals surface area contributed by atoms with Crippen LogP contribution < -0.4 is 0 Å². The topological polar surface area (TPSA) is 45.2 Å². The van der Waals surface area contributed by atoms with Gasteiger partial charge in [-0.3, -0.25) is 8.98 Å². The van der Waals surface area contributed by atoms with E-state index in [2.05, 4.69) is 72.2 Å². The van der Waals surface area contributed by atoms with Gasteiger partial charge in [0.05, 0.1) is 13.0 Å². The molecule has 3 rings (SSSR count). The van der Waals surface area contributed by atoms with Gasteiger partial charge in [-0.2, -0.15) is 0 Å². The molecule has 2 unspecified atom stereocenters. The standard InChI is InChI=1S/C21H31N3O3S/c1-4-26-20(25)11-12-23-15-19(14-22(2)3)24(21(23)27-28)18-10-9-16-7-5-6-8-17(16)13-18/h5-8,15,18,21,28H,4,9-14H2,1-3H3. The number of hydrogen-bond donors (Lipinski definition) is 1. The zero-order valence-electron chi connectivity index (χ0n) is 17.0. The minimum absolute atomic E-state index is 0.187. The second-order valence-corrected chi connectivity index (χ2v) is 7.87. The smallest absolute Gasteiger partial charge is 0.307 e. The van der Waals surface area contributed by atoms with Crippen molar-refractivity contribution in [3.05, 3.63) is 47.3 Å². The van der Waals surface area contributed by atoms with E-state index < -0.39 is 0 Å². The van der Waals surface area contributed by atoms with E-state index in [4.69, 9.17) is 8.92 Å². The van der Waals surface area contributed by atoms with Gasteiger partial charge in [0.15, 0.2) is 0 Å². The van der Waals surface area contributed by atoms with Crippen LogP contribution in [0.3, 0.4) is 0 Å². The van der Waals surface area contributed by atoms with Crippen molar-refractivity contribution >= 4 is 18.9 Å². The summed E-state index contributed by atoms with van der Waals surface area (Å²) in [6.07, 6.45) is 5.24. The predicted molar refractivity (Wildman–Crippen MR) is 113 cm³/mol. The number of carbonyl (C=O) groups excluding carboxylic acids is 1. The molecule has 0 radical (unpaired) electrons. The minimum atomic E-state index is -0.317. The number of fused-ring (bicyclic) bond motifs is 1. The molecule has 28 heavy (non-hydrogen) atoms. The van der Waals surface area contributed by atoms with E-state index in [1.807, 2.05) is 6.92 Å². The van der Waals surface area contributed by atoms with E-state index in [1.165, 1.54) is 16.8 Å². The van der Waals surface area contributed by atoms with Gasteiger partial charge >= 0.3 is 5.97 Å². The summed E-state index contributed by atoms with van der Waals surface area (Å²) in [5.74, 6) is -0.187. The molecule has 1 aromatic rings. The van der Waals surface area contributed by atoms with Crippen LogP contribution in [0.2, 0.25) is 0 Å². The Balaban J connectivity index is 1.77. The molecule has 0 spiro atoms. The van der Waals surface area contributed by atoms with Crippen LogP contribution in [0.4, 0.5) is 0 Å². The lowest BCUT2D eigenvalue weighted by atomic mass is 9.87. The second-order valence-electron chi connectivity index (χ2n) is 7.66. The molecule has 0 bridgehead atoms. The summed E-state index contributed by atoms with van der Waals surface area (Å²) in [5.41, 5.74) is 4.04. The highest BCUT2D eigenvalue weighted by atomic mass is 32.1. The van der Waals surface area contributed by atoms with E-state index in [1.54, 1.807) is 0 Å². The van der Waals surface area contributed by atoms with Crippen molar-refractivity contribution in [1.82, 2.24) is 14.7 Å². The average Bonchev–Trinajstić information content (AvgIpc) is 3.02. The fourth-order valence-electron chi connectivity index (χ4n) is 4.14. The maximum absolute atomic E-state index is 11.8. The number of rotatable bonds is 8. The molecule has 1 aliphatic carbocycles. The first-order valence-electron chi connectivity index (χ1n) is 9.95. The first-order valence-corrected chi connectivity index (χ1v) is 10.3. The first kappa shape index (κ1) is 21.0. The lowest BCUT2D eigenvalue weighted by molar-refractivity contribution is -0.144. The van der Waals surface area contributed by atoms with Gasteiger partial charge in [-0.15, -0.1) is 0 Å². The van der Waals surface area contributed by atoms with E-state index >= 15 is 0 Å². The van der Waals surface area contributed by atoms with Crippen molar-refractivity contribution in [1.29, 1.82) is 0 Å². The summed E-state index contributed by atoms with van der Waals surface area (Å²) in [6.45, 7) is 3.58. The van der Waals surface area contributed by atoms with Gasteiger partial charge in [0.2, 0.25) is 6.35 Å². The molecule has 1 aliphatic heterocycles. The molecule has 7 heteroatoms. The molecule has 1 aromatic carbocycles. The van der Waals surface area contributed by atoms with Crippen LogP contribution in [0.25, 0.3) is 0 Å². The van der Waals surface area contributed by atoms with Crippen LogP contribution in [-0.4, -0.2) is 66.9 Å². The van der Waals surface area contributed by atoms with Gasteiger partial charge < -0.3 is 19.4 Å². The lowest BCUT2D eigenvalue weighted by Gasteiger charge is -2.40. The second kappa shape index (κ2) is 9.67. The van der Waals surface area contributed by atoms with Crippen molar-refractivity contribution in [3.8, 4) is 0 Å². The number of likely N-dealkylation sites (N-methyl/N-ethyl adjacent to an activating group) is 1. The van der Waals surface area contributed by atoms with Gasteiger partial charge in [0.25, 0.3) is 0 Å². The van der Waals surface area contributed by atoms with Crippen molar-refractivity contribution in [3.63, 3.8) is 0 Å². The van der Waals surface area contributed by atoms with Crippen molar-refractivity contribution in [2.75, 3.05) is 33.8 Å². The molecule has 0 N–H and O–H groups in total. The van der Waals surface area contributed by atoms with Crippen LogP contribution >= 0.6 is 12.9 Å². The molecular formula is C21H31N3O3S. The van der Waals surface area contributed by atoms with Crippen LogP contribution in [0.1, 0.15) is 30.9 Å². The Bertz CT molecular complexity index is 710. The minimum Gasteiger partial charge on any atom is -0.466 e. The number of benzene rings is 1. The van der Waals surface area contributed by atoms with Crippen LogP contribution in [-0.2, 0) is 26.6 Å². The van der Waals surface area contributed by atoms with Crippen LogP contribution in [0.15, 0.2) is 36.2 Å². The summed E-state index contributed by atoms with van der Waals surface area (Å²) in [5, 5.41) is 0. The first-order chi connectivity index (χ1) is 13.5. The van der Waals surface area contributed by atoms with Gasteiger partial charge in [0, 0.05) is 31.0 Å². The van der Waals surface area contributed by atoms with Gasteiger partial charge in [0.1, 0.15) is 0 Å². The number of ether oxygens (including phenoxy) is 1. The highest BCUT2D eigenvalue weighted by Gasteiger charge is 2.38. The van der Waals surface area contributed by atoms with Crippen molar-refractivity contribution < 1.29 is 13.7 Å². The quantitative estimate of drug-likeness (QED) is 0.408. The fraction of sp³-hybridized carbons (Fsp3) is 0.571. The van der Waals surface area contributed by atoms with Crippen molar-refractivity contribution in [2.24, 2.45) is 0 Å². The van der Waals surface area contributed by atoms with E-state index in [9.17, 15) is 4.79 Å². The number of esters is 1. The fourth-order valence-corrected chi connectivity index (χ4v) is 4.36. The SMILES string of the molecule is CCOC(=O)CCN1C=C(CN(C)C)N(C2CCc3ccccc3C2)C1OS. The zero-order chi connectivity index (χ0) is 20.1. The summed E-state index contributed by atoms with van der Waals surface area (Å²) in [6, 6.07) is 9.01. The Morgan fingerprint density at radius 3 is 2.71 bits per heavy atom. The molecule has 6 nitrogen and oxygen atoms in total. The predicted octanol–water partition coefficient (Wildman–Crippen LogP) is 2.66. The van der Waals surface area contributed by atoms with Crippen LogP contribution in [0.5, 0.6) is 0 Å². The Morgan fingerprint density at radius 2 is 2.04 bits per heavy atom. The molecule has 0 saturated carbocycles. The number of aryl methyl sites for hydroxylation is 1. The van der Waals surface area contributed by atoms with Crippen molar-refractivity contribution in [2.45, 2.75) is 45.0 Å². The normalized spacial score (nSPS) is 21.7. The lowest BCUT2D eigenvalue weighted by Crippen LogP contribution is -2.49. The molecule has 154 valence electrons. The summed E-state index contributed by atoms with van der Waals surface area (Å²) in [4.78, 5) is 18.4. The Labute approximate surface area is 173 Å². The summed E-state index contributed by atoms with van der Waals surface area (Å²) >= 11 is 4.18. The maximum atomic E-state index is 11.8. The van der Waals surface area contributed by atoms with Gasteiger partial charge in [-0.1, -0.05) is 24.3 Å². The monoisotopic (exact) mass is 405 g/mol. The molecule has 1 heterocycles. The average molecular weight is 406 g/mol. The third-order valence-electron chi connectivity index (χ3n) is 5.33. The summed E-state index contributed by atoms with van der Waals surface area (Å²) < 4.78 is 10.7. The third kappa shape index (κ3) is 4.82. The number of nitrogens with zero attached hydrogens (tertiary/aromatic N) is 3. The maximum Gasteiger partial charge on any atom is 0.307 e. The summed E-state index contributed by atoms with van der Waals surface area (Å²) in [7, 11) is 4.13. The number of hydrogen-bond acceptors (Lipinski definition) is 7. The molecule has 0 fully saturated rings. The largest absolute Gasteiger partial charge is 0.466 e. The third-order valence-corrected chi connectivity index (χ3v) is 5.52. The van der Waals surface area contributed by atoms with Gasteiger partial charge in [-0.25, -0.2) is 0 Å². The highest BCUT2D eigenvalue weighted by Crippen LogP contribution is 2.33. The highest BCUT2D eigenvalue weighted by molar-refractivity contribution is 7.75.